The van der Waals surface area contributed by atoms with Gasteiger partial charge in [0.05, 0.1) is 21.7 Å². The minimum Gasteiger partial charge on any atom is -0.450 e. The number of hydrogen-bond acceptors (Lipinski definition) is 9. The summed E-state index contributed by atoms with van der Waals surface area (Å²) >= 11 is 5.22. The van der Waals surface area contributed by atoms with Crippen molar-refractivity contribution in [3.8, 4) is 0 Å². The average Bonchev–Trinajstić information content (AvgIpc) is 3.41. The van der Waals surface area contributed by atoms with Crippen molar-refractivity contribution in [3.63, 3.8) is 0 Å². The first-order valence-electron chi connectivity index (χ1n) is 13.6. The van der Waals surface area contributed by atoms with Crippen molar-refractivity contribution in [1.29, 1.82) is 0 Å². The molecule has 41 heavy (non-hydrogen) atoms. The van der Waals surface area contributed by atoms with E-state index in [9.17, 15) is 18.0 Å². The Morgan fingerprint density at radius 2 is 1.71 bits per heavy atom. The fourth-order valence-electron chi connectivity index (χ4n) is 4.87. The molecule has 5 rings (SSSR count). The number of carbonyl (C=O) groups excluding carboxylic acids is 2. The predicted octanol–water partition coefficient (Wildman–Crippen LogP) is 3.07. The molecule has 2 aliphatic rings. The van der Waals surface area contributed by atoms with Crippen LogP contribution in [0.4, 0.5) is 9.93 Å². The number of carbonyl (C=O) groups is 2. The minimum atomic E-state index is -3.73. The highest BCUT2D eigenvalue weighted by Gasteiger charge is 2.30. The summed E-state index contributed by atoms with van der Waals surface area (Å²) in [5.74, 6) is -0.240. The highest BCUT2D eigenvalue weighted by atomic mass is 79.9. The van der Waals surface area contributed by atoms with E-state index in [2.05, 4.69) is 37.1 Å². The average molecular weight is 666 g/mol. The van der Waals surface area contributed by atoms with Crippen LogP contribution in [0.15, 0.2) is 51.8 Å². The number of nitrogens with zero attached hydrogens (tertiary/aromatic N) is 5. The molecule has 0 bridgehead atoms. The van der Waals surface area contributed by atoms with Gasteiger partial charge >= 0.3 is 6.09 Å². The lowest BCUT2D eigenvalue weighted by molar-refractivity contribution is 0.0932. The van der Waals surface area contributed by atoms with Crippen LogP contribution in [0, 0.1) is 0 Å². The second kappa shape index (κ2) is 13.0. The summed E-state index contributed by atoms with van der Waals surface area (Å²) in [5, 5.41) is 3.98. The smallest absolute Gasteiger partial charge is 0.409 e. The number of halogens is 1. The first-order valence-corrected chi connectivity index (χ1v) is 16.6. The van der Waals surface area contributed by atoms with Gasteiger partial charge in [0.25, 0.3) is 5.91 Å². The normalized spacial score (nSPS) is 17.1. The number of aromatic nitrogens is 1. The fourth-order valence-corrected chi connectivity index (χ4v) is 7.86. The van der Waals surface area contributed by atoms with E-state index in [-0.39, 0.29) is 43.6 Å². The van der Waals surface area contributed by atoms with Crippen LogP contribution in [0.1, 0.15) is 17.3 Å². The topological polar surface area (TPSA) is 115 Å². The molecular formula is C27H33BrN6O5S2. The number of thiazole rings is 1. The van der Waals surface area contributed by atoms with Gasteiger partial charge < -0.3 is 19.9 Å². The molecule has 2 saturated heterocycles. The molecule has 0 atom stereocenters. The molecule has 14 heteroatoms. The van der Waals surface area contributed by atoms with Crippen molar-refractivity contribution in [3.05, 3.63) is 52.5 Å². The maximum absolute atomic E-state index is 13.1. The van der Waals surface area contributed by atoms with Gasteiger partial charge in [-0.1, -0.05) is 27.3 Å². The highest BCUT2D eigenvalue weighted by molar-refractivity contribution is 9.10. The molecule has 0 spiro atoms. The Kier molecular flexibility index (Phi) is 9.44. The molecule has 3 heterocycles. The van der Waals surface area contributed by atoms with Crippen LogP contribution in [0.3, 0.4) is 0 Å². The zero-order chi connectivity index (χ0) is 29.0. The predicted molar refractivity (Wildman–Crippen MR) is 162 cm³/mol. The third-order valence-electron chi connectivity index (χ3n) is 7.21. The lowest BCUT2D eigenvalue weighted by Gasteiger charge is -2.34. The number of anilines is 1. The lowest BCUT2D eigenvalue weighted by atomic mass is 10.2. The largest absolute Gasteiger partial charge is 0.450 e. The Hall–Kier alpha value is -2.78. The van der Waals surface area contributed by atoms with Crippen molar-refractivity contribution >= 4 is 64.6 Å². The van der Waals surface area contributed by atoms with Crippen LogP contribution in [0.2, 0.25) is 0 Å². The molecule has 1 aromatic heterocycles. The van der Waals surface area contributed by atoms with Crippen LogP contribution >= 0.6 is 27.3 Å². The summed E-state index contributed by atoms with van der Waals surface area (Å²) in [5.41, 5.74) is 1.42. The third-order valence-corrected chi connectivity index (χ3v) is 10.7. The van der Waals surface area contributed by atoms with E-state index in [4.69, 9.17) is 9.72 Å². The Labute approximate surface area is 252 Å². The van der Waals surface area contributed by atoms with Crippen LogP contribution in [0.25, 0.3) is 10.2 Å². The molecule has 0 aliphatic carbocycles. The molecule has 0 unspecified atom stereocenters. The second-order valence-corrected chi connectivity index (χ2v) is 13.7. The van der Waals surface area contributed by atoms with Gasteiger partial charge in [0.1, 0.15) is 0 Å². The summed E-state index contributed by atoms with van der Waals surface area (Å²) in [6.07, 6.45) is -0.430. The van der Waals surface area contributed by atoms with Crippen molar-refractivity contribution in [2.75, 3.05) is 77.0 Å². The molecule has 2 fully saturated rings. The van der Waals surface area contributed by atoms with Gasteiger partial charge in [-0.05, 0) is 49.4 Å². The number of sulfonamides is 1. The van der Waals surface area contributed by atoms with Crippen molar-refractivity contribution in [2.45, 2.75) is 11.8 Å². The zero-order valence-electron chi connectivity index (χ0n) is 22.8. The molecule has 3 aromatic rings. The van der Waals surface area contributed by atoms with E-state index in [1.165, 1.54) is 38.2 Å². The van der Waals surface area contributed by atoms with Crippen LogP contribution in [-0.4, -0.2) is 112 Å². The number of amides is 2. The quantitative estimate of drug-likeness (QED) is 0.391. The van der Waals surface area contributed by atoms with E-state index < -0.39 is 16.1 Å². The van der Waals surface area contributed by atoms with Crippen molar-refractivity contribution in [1.82, 2.24) is 24.4 Å². The third kappa shape index (κ3) is 7.00. The summed E-state index contributed by atoms with van der Waals surface area (Å²) in [6, 6.07) is 12.1. The van der Waals surface area contributed by atoms with E-state index in [0.29, 0.717) is 12.1 Å². The maximum atomic E-state index is 13.1. The van der Waals surface area contributed by atoms with Gasteiger partial charge in [-0.15, -0.1) is 0 Å². The first-order chi connectivity index (χ1) is 19.7. The summed E-state index contributed by atoms with van der Waals surface area (Å²) in [4.78, 5) is 35.6. The molecule has 0 radical (unpaired) electrons. The standard InChI is InChI=1S/C27H33BrN6O5S2/c1-2-39-27(36)33-15-17-34(18-16-33)41(37,38)22-6-3-20(4-7-22)25(35)29-9-10-31-11-13-32(14-12-31)26-30-23-8-5-21(28)19-24(23)40-26/h3-8,19H,2,9-18H2,1H3,(H,29,35). The number of benzene rings is 2. The van der Waals surface area contributed by atoms with Gasteiger partial charge in [-0.2, -0.15) is 4.31 Å². The minimum absolute atomic E-state index is 0.122. The van der Waals surface area contributed by atoms with Crippen LogP contribution in [-0.2, 0) is 14.8 Å². The van der Waals surface area contributed by atoms with E-state index >= 15 is 0 Å². The Bertz CT molecular complexity index is 1480. The first kappa shape index (κ1) is 29.7. The van der Waals surface area contributed by atoms with E-state index in [1.54, 1.807) is 18.3 Å². The number of rotatable bonds is 8. The number of hydrogen-bond donors (Lipinski definition) is 1. The SMILES string of the molecule is CCOC(=O)N1CCN(S(=O)(=O)c2ccc(C(=O)NCCN3CCN(c4nc5ccc(Br)cc5s4)CC3)cc2)CC1. The van der Waals surface area contributed by atoms with Gasteiger partial charge in [0, 0.05) is 75.5 Å². The molecule has 2 aliphatic heterocycles. The van der Waals surface area contributed by atoms with Crippen molar-refractivity contribution < 1.29 is 22.7 Å². The summed E-state index contributed by atoms with van der Waals surface area (Å²) in [7, 11) is -3.73. The monoisotopic (exact) mass is 664 g/mol. The number of fused-ring (bicyclic) bond motifs is 1. The van der Waals surface area contributed by atoms with E-state index in [0.717, 1.165) is 47.8 Å². The molecule has 11 nitrogen and oxygen atoms in total. The molecular weight excluding hydrogens is 632 g/mol. The Morgan fingerprint density at radius 1 is 1.00 bits per heavy atom. The van der Waals surface area contributed by atoms with Gasteiger partial charge in [0.15, 0.2) is 5.13 Å². The lowest BCUT2D eigenvalue weighted by Crippen LogP contribution is -2.50. The fraction of sp³-hybridized carbons (Fsp3) is 0.444. The zero-order valence-corrected chi connectivity index (χ0v) is 26.0. The molecule has 220 valence electrons. The molecule has 2 amide bonds. The summed E-state index contributed by atoms with van der Waals surface area (Å²) < 4.78 is 34.7. The molecule has 1 N–H and O–H groups in total. The highest BCUT2D eigenvalue weighted by Crippen LogP contribution is 2.31. The van der Waals surface area contributed by atoms with Gasteiger partial charge in [-0.3, -0.25) is 9.69 Å². The van der Waals surface area contributed by atoms with E-state index in [1.807, 2.05) is 12.1 Å². The number of ether oxygens (including phenoxy) is 1. The maximum Gasteiger partial charge on any atom is 0.409 e. The Morgan fingerprint density at radius 3 is 2.39 bits per heavy atom. The molecule has 2 aromatic carbocycles. The van der Waals surface area contributed by atoms with Crippen LogP contribution in [0.5, 0.6) is 0 Å². The van der Waals surface area contributed by atoms with Gasteiger partial charge in [0.2, 0.25) is 10.0 Å². The number of piperazine rings is 2. The summed E-state index contributed by atoms with van der Waals surface area (Å²) in [6.45, 7) is 7.69. The van der Waals surface area contributed by atoms with Crippen molar-refractivity contribution in [2.24, 2.45) is 0 Å². The molecule has 0 saturated carbocycles. The second-order valence-electron chi connectivity index (χ2n) is 9.81. The van der Waals surface area contributed by atoms with Gasteiger partial charge in [-0.25, -0.2) is 18.2 Å². The van der Waals surface area contributed by atoms with Crippen LogP contribution < -0.4 is 10.2 Å². The number of nitrogens with one attached hydrogen (secondary N) is 1. The Balaban J connectivity index is 1.06.